The smallest absolute Gasteiger partial charge is 0.246 e. The van der Waals surface area contributed by atoms with Gasteiger partial charge in [0.2, 0.25) is 5.88 Å². The van der Waals surface area contributed by atoms with Crippen LogP contribution >= 0.6 is 0 Å². The van der Waals surface area contributed by atoms with Crippen molar-refractivity contribution in [1.82, 2.24) is 0 Å². The summed E-state index contributed by atoms with van der Waals surface area (Å²) in [6, 6.07) is 21.4. The summed E-state index contributed by atoms with van der Waals surface area (Å²) in [4.78, 5) is 8.89. The van der Waals surface area contributed by atoms with Gasteiger partial charge < -0.3 is 14.6 Å². The maximum atomic E-state index is 9.93. The van der Waals surface area contributed by atoms with Gasteiger partial charge in [0.05, 0.1) is 0 Å². The van der Waals surface area contributed by atoms with Crippen molar-refractivity contribution in [3.8, 4) is 11.5 Å². The van der Waals surface area contributed by atoms with E-state index < -0.39 is 0 Å². The molecular weight excluding hydrogens is 429 g/mol. The maximum absolute atomic E-state index is 9.93. The minimum Gasteiger partial charge on any atom is -0.507 e. The molecular formula is C22H16N2O3Y. The fraction of sp³-hybridized carbons (Fsp3) is 0. The van der Waals surface area contributed by atoms with Crippen LogP contribution in [0.3, 0.4) is 0 Å². The molecule has 0 spiro atoms. The summed E-state index contributed by atoms with van der Waals surface area (Å²) in [7, 11) is 0. The molecule has 0 fully saturated rings. The SMILES string of the molecule is Oc1ccccc1C=Nc1c(/N=C/c2ccccc2O)oc2ccccc12.[Y]. The van der Waals surface area contributed by atoms with Gasteiger partial charge in [-0.25, -0.2) is 9.98 Å². The van der Waals surface area contributed by atoms with E-state index in [0.29, 0.717) is 28.3 Å². The number of benzene rings is 3. The number of para-hydroxylation sites is 3. The minimum atomic E-state index is 0. The Hall–Kier alpha value is -2.76. The van der Waals surface area contributed by atoms with Gasteiger partial charge in [0.25, 0.3) is 0 Å². The van der Waals surface area contributed by atoms with E-state index in [1.807, 2.05) is 36.4 Å². The minimum absolute atomic E-state index is 0. The number of phenolic OH excluding ortho intramolecular Hbond substituents is 2. The van der Waals surface area contributed by atoms with Crippen molar-refractivity contribution in [3.05, 3.63) is 83.9 Å². The molecule has 0 unspecified atom stereocenters. The van der Waals surface area contributed by atoms with Crippen molar-refractivity contribution >= 4 is 35.0 Å². The zero-order valence-electron chi connectivity index (χ0n) is 14.9. The summed E-state index contributed by atoms with van der Waals surface area (Å²) in [6.07, 6.45) is 3.11. The molecule has 0 saturated carbocycles. The monoisotopic (exact) mass is 445 g/mol. The van der Waals surface area contributed by atoms with Crippen molar-refractivity contribution in [3.63, 3.8) is 0 Å². The third-order valence-corrected chi connectivity index (χ3v) is 4.08. The van der Waals surface area contributed by atoms with Gasteiger partial charge in [-0.15, -0.1) is 0 Å². The zero-order valence-corrected chi connectivity index (χ0v) is 17.7. The Kier molecular flexibility index (Phi) is 6.39. The normalized spacial score (nSPS) is 11.3. The van der Waals surface area contributed by atoms with E-state index >= 15 is 0 Å². The summed E-state index contributed by atoms with van der Waals surface area (Å²) in [6.45, 7) is 0. The number of aliphatic imine (C=N–C) groups is 2. The Morgan fingerprint density at radius 2 is 1.21 bits per heavy atom. The van der Waals surface area contributed by atoms with Crippen LogP contribution in [0.5, 0.6) is 11.5 Å². The molecule has 0 aliphatic rings. The van der Waals surface area contributed by atoms with Crippen LogP contribution in [-0.4, -0.2) is 22.6 Å². The number of fused-ring (bicyclic) bond motifs is 1. The van der Waals surface area contributed by atoms with E-state index in [4.69, 9.17) is 4.42 Å². The quantitative estimate of drug-likeness (QED) is 0.416. The Morgan fingerprint density at radius 3 is 1.86 bits per heavy atom. The molecule has 1 aromatic heterocycles. The summed E-state index contributed by atoms with van der Waals surface area (Å²) in [5.41, 5.74) is 2.39. The number of hydrogen-bond acceptors (Lipinski definition) is 5. The summed E-state index contributed by atoms with van der Waals surface area (Å²) in [5, 5.41) is 20.6. The van der Waals surface area contributed by atoms with Crippen molar-refractivity contribution in [2.75, 3.05) is 0 Å². The van der Waals surface area contributed by atoms with E-state index in [1.165, 1.54) is 6.21 Å². The largest absolute Gasteiger partial charge is 0.507 e. The number of furan rings is 1. The third kappa shape index (κ3) is 4.21. The number of phenols is 2. The van der Waals surface area contributed by atoms with Crippen LogP contribution in [0.15, 0.2) is 87.2 Å². The first kappa shape index (κ1) is 20.0. The molecule has 0 saturated heterocycles. The predicted octanol–water partition coefficient (Wildman–Crippen LogP) is 5.34. The molecule has 5 nitrogen and oxygen atoms in total. The zero-order chi connectivity index (χ0) is 18.6. The van der Waals surface area contributed by atoms with Gasteiger partial charge in [-0.05, 0) is 36.4 Å². The van der Waals surface area contributed by atoms with Crippen LogP contribution < -0.4 is 0 Å². The Balaban J connectivity index is 0.00000225. The van der Waals surface area contributed by atoms with Gasteiger partial charge in [0, 0.05) is 61.7 Å². The molecule has 2 N–H and O–H groups in total. The number of nitrogens with zero attached hydrogens (tertiary/aromatic N) is 2. The van der Waals surface area contributed by atoms with E-state index in [-0.39, 0.29) is 44.2 Å². The molecule has 0 amide bonds. The Bertz CT molecular complexity index is 1170. The van der Waals surface area contributed by atoms with Crippen molar-refractivity contribution in [2.45, 2.75) is 0 Å². The summed E-state index contributed by atoms with van der Waals surface area (Å²) < 4.78 is 5.82. The predicted molar refractivity (Wildman–Crippen MR) is 107 cm³/mol. The van der Waals surface area contributed by atoms with Gasteiger partial charge in [0.15, 0.2) is 0 Å². The average molecular weight is 445 g/mol. The second kappa shape index (κ2) is 8.96. The van der Waals surface area contributed by atoms with Crippen LogP contribution in [0.2, 0.25) is 0 Å². The average Bonchev–Trinajstić information content (AvgIpc) is 3.04. The van der Waals surface area contributed by atoms with E-state index in [1.54, 1.807) is 42.6 Å². The van der Waals surface area contributed by atoms with Crippen LogP contribution in [0, 0.1) is 0 Å². The molecule has 4 rings (SSSR count). The Morgan fingerprint density at radius 1 is 0.679 bits per heavy atom. The molecule has 6 heteroatoms. The van der Waals surface area contributed by atoms with Crippen LogP contribution in [0.25, 0.3) is 11.0 Å². The van der Waals surface area contributed by atoms with Crippen LogP contribution in [0.4, 0.5) is 11.6 Å². The van der Waals surface area contributed by atoms with Gasteiger partial charge in [-0.2, -0.15) is 0 Å². The molecule has 0 aliphatic heterocycles. The van der Waals surface area contributed by atoms with E-state index in [2.05, 4.69) is 9.98 Å². The van der Waals surface area contributed by atoms with E-state index in [0.717, 1.165) is 5.39 Å². The van der Waals surface area contributed by atoms with Crippen LogP contribution in [-0.2, 0) is 32.7 Å². The van der Waals surface area contributed by atoms with Gasteiger partial charge in [-0.1, -0.05) is 36.4 Å². The van der Waals surface area contributed by atoms with Crippen molar-refractivity contribution in [1.29, 1.82) is 0 Å². The van der Waals surface area contributed by atoms with E-state index in [9.17, 15) is 10.2 Å². The molecule has 1 radical (unpaired) electrons. The molecule has 4 aromatic rings. The fourth-order valence-corrected chi connectivity index (χ4v) is 2.69. The first-order valence-electron chi connectivity index (χ1n) is 8.38. The topological polar surface area (TPSA) is 78.3 Å². The summed E-state index contributed by atoms with van der Waals surface area (Å²) >= 11 is 0. The number of rotatable bonds is 4. The number of hydrogen-bond donors (Lipinski definition) is 2. The summed E-state index contributed by atoms with van der Waals surface area (Å²) in [5.74, 6) is 0.607. The van der Waals surface area contributed by atoms with Crippen molar-refractivity contribution < 1.29 is 47.3 Å². The second-order valence-corrected chi connectivity index (χ2v) is 5.89. The molecule has 28 heavy (non-hydrogen) atoms. The van der Waals surface area contributed by atoms with Gasteiger partial charge in [0.1, 0.15) is 22.8 Å². The molecule has 135 valence electrons. The third-order valence-electron chi connectivity index (χ3n) is 4.08. The second-order valence-electron chi connectivity index (χ2n) is 5.89. The van der Waals surface area contributed by atoms with Crippen LogP contribution in [0.1, 0.15) is 11.1 Å². The maximum Gasteiger partial charge on any atom is 0.246 e. The first-order valence-corrected chi connectivity index (χ1v) is 8.38. The Labute approximate surface area is 187 Å². The van der Waals surface area contributed by atoms with Gasteiger partial charge >= 0.3 is 0 Å². The van der Waals surface area contributed by atoms with Gasteiger partial charge in [-0.3, -0.25) is 0 Å². The molecule has 3 aromatic carbocycles. The molecule has 0 aliphatic carbocycles. The molecule has 0 atom stereocenters. The fourth-order valence-electron chi connectivity index (χ4n) is 2.69. The van der Waals surface area contributed by atoms with Crippen molar-refractivity contribution in [2.24, 2.45) is 9.98 Å². The molecule has 1 heterocycles. The molecule has 0 bridgehead atoms. The standard InChI is InChI=1S/C22H16N2O3.Y/c25-18-10-4-1-7-15(18)13-23-21-17-9-3-6-12-20(17)27-22(21)24-14-16-8-2-5-11-19(16)26;/h1-14,25-26H;/b23-13?,24-14+;. The number of aromatic hydroxyl groups is 2. The first-order chi connectivity index (χ1) is 13.2.